The highest BCUT2D eigenvalue weighted by atomic mass is 32.2. The summed E-state index contributed by atoms with van der Waals surface area (Å²) in [6.45, 7) is 2.31. The minimum atomic E-state index is -2.91. The minimum absolute atomic E-state index is 0.0328. The summed E-state index contributed by atoms with van der Waals surface area (Å²) in [5.41, 5.74) is 1.24. The van der Waals surface area contributed by atoms with Gasteiger partial charge in [0.15, 0.2) is 9.84 Å². The van der Waals surface area contributed by atoms with Crippen molar-refractivity contribution in [3.05, 3.63) is 22.4 Å². The fourth-order valence-electron chi connectivity index (χ4n) is 2.71. The molecule has 7 heteroatoms. The summed E-state index contributed by atoms with van der Waals surface area (Å²) < 4.78 is 23.1. The Balaban J connectivity index is 1.85. The molecule has 1 amide bonds. The third kappa shape index (κ3) is 4.54. The Kier molecular flexibility index (Phi) is 5.63. The number of hydrogen-bond acceptors (Lipinski definition) is 5. The first-order valence-electron chi connectivity index (χ1n) is 7.46. The molecule has 5 nitrogen and oxygen atoms in total. The van der Waals surface area contributed by atoms with E-state index in [-0.39, 0.29) is 36.0 Å². The zero-order valence-electron chi connectivity index (χ0n) is 13.4. The van der Waals surface area contributed by atoms with Crippen LogP contribution in [-0.2, 0) is 21.1 Å². The highest BCUT2D eigenvalue weighted by Gasteiger charge is 2.31. The van der Waals surface area contributed by atoms with Crippen molar-refractivity contribution in [3.63, 3.8) is 0 Å². The SMILES string of the molecule is CC(Cc1ccsc1)N(C)C(=O)CN(C)C1CCS(=O)(=O)C1. The van der Waals surface area contributed by atoms with E-state index >= 15 is 0 Å². The van der Waals surface area contributed by atoms with E-state index in [0.717, 1.165) is 6.42 Å². The molecule has 2 rings (SSSR count). The molecule has 0 bridgehead atoms. The molecule has 1 saturated heterocycles. The van der Waals surface area contributed by atoms with Crippen LogP contribution in [0.1, 0.15) is 18.9 Å². The smallest absolute Gasteiger partial charge is 0.236 e. The van der Waals surface area contributed by atoms with Crippen molar-refractivity contribution >= 4 is 27.1 Å². The van der Waals surface area contributed by atoms with Gasteiger partial charge in [0.05, 0.1) is 18.1 Å². The number of likely N-dealkylation sites (N-methyl/N-ethyl adjacent to an activating group) is 2. The summed E-state index contributed by atoms with van der Waals surface area (Å²) in [6, 6.07) is 2.17. The van der Waals surface area contributed by atoms with Crippen LogP contribution in [0.2, 0.25) is 0 Å². The lowest BCUT2D eigenvalue weighted by Gasteiger charge is -2.29. The fraction of sp³-hybridized carbons (Fsp3) is 0.667. The summed E-state index contributed by atoms with van der Waals surface area (Å²) in [5.74, 6) is 0.445. The zero-order chi connectivity index (χ0) is 16.3. The number of nitrogens with zero attached hydrogens (tertiary/aromatic N) is 2. The maximum absolute atomic E-state index is 12.4. The number of carbonyl (C=O) groups is 1. The second kappa shape index (κ2) is 7.10. The molecule has 124 valence electrons. The van der Waals surface area contributed by atoms with Gasteiger partial charge in [-0.2, -0.15) is 11.3 Å². The standard InChI is InChI=1S/C15H24N2O3S2/c1-12(8-13-4-6-21-10-13)17(3)15(18)9-16(2)14-5-7-22(19,20)11-14/h4,6,10,12,14H,5,7-9,11H2,1-3H3. The van der Waals surface area contributed by atoms with Crippen LogP contribution in [0, 0.1) is 0 Å². The largest absolute Gasteiger partial charge is 0.342 e. The molecule has 2 heterocycles. The van der Waals surface area contributed by atoms with Gasteiger partial charge in [-0.3, -0.25) is 9.69 Å². The van der Waals surface area contributed by atoms with Crippen molar-refractivity contribution in [1.29, 1.82) is 0 Å². The molecular formula is C15H24N2O3S2. The van der Waals surface area contributed by atoms with Gasteiger partial charge in [0, 0.05) is 19.1 Å². The van der Waals surface area contributed by atoms with Crippen molar-refractivity contribution in [2.24, 2.45) is 0 Å². The summed E-state index contributed by atoms with van der Waals surface area (Å²) in [7, 11) is 0.740. The number of sulfone groups is 1. The third-order valence-corrected chi connectivity index (χ3v) is 6.86. The predicted molar refractivity (Wildman–Crippen MR) is 89.9 cm³/mol. The molecule has 1 aromatic rings. The Morgan fingerprint density at radius 3 is 2.73 bits per heavy atom. The topological polar surface area (TPSA) is 57.7 Å². The molecular weight excluding hydrogens is 320 g/mol. The predicted octanol–water partition coefficient (Wildman–Crippen LogP) is 1.26. The van der Waals surface area contributed by atoms with Crippen LogP contribution in [0.3, 0.4) is 0 Å². The van der Waals surface area contributed by atoms with Gasteiger partial charge in [0.2, 0.25) is 5.91 Å². The number of thiophene rings is 1. The molecule has 1 aliphatic rings. The summed E-state index contributed by atoms with van der Waals surface area (Å²) in [4.78, 5) is 16.0. The summed E-state index contributed by atoms with van der Waals surface area (Å²) >= 11 is 1.66. The molecule has 0 aromatic carbocycles. The lowest BCUT2D eigenvalue weighted by Crippen LogP contribution is -2.45. The van der Waals surface area contributed by atoms with E-state index in [1.54, 1.807) is 16.2 Å². The van der Waals surface area contributed by atoms with E-state index < -0.39 is 9.84 Å². The van der Waals surface area contributed by atoms with Gasteiger partial charge in [0.25, 0.3) is 0 Å². The normalized spacial score (nSPS) is 21.9. The Bertz CT molecular complexity index is 598. The first-order chi connectivity index (χ1) is 10.3. The molecule has 22 heavy (non-hydrogen) atoms. The number of hydrogen-bond donors (Lipinski definition) is 0. The highest BCUT2D eigenvalue weighted by molar-refractivity contribution is 7.91. The van der Waals surface area contributed by atoms with Crippen molar-refractivity contribution in [1.82, 2.24) is 9.80 Å². The first kappa shape index (κ1) is 17.4. The monoisotopic (exact) mass is 344 g/mol. The molecule has 0 saturated carbocycles. The van der Waals surface area contributed by atoms with Crippen molar-refractivity contribution in [3.8, 4) is 0 Å². The van der Waals surface area contributed by atoms with E-state index in [1.165, 1.54) is 5.56 Å². The van der Waals surface area contributed by atoms with Crippen molar-refractivity contribution < 1.29 is 13.2 Å². The van der Waals surface area contributed by atoms with Gasteiger partial charge in [-0.1, -0.05) is 0 Å². The van der Waals surface area contributed by atoms with E-state index in [9.17, 15) is 13.2 Å². The molecule has 0 aliphatic carbocycles. The van der Waals surface area contributed by atoms with Crippen LogP contribution >= 0.6 is 11.3 Å². The zero-order valence-corrected chi connectivity index (χ0v) is 15.0. The maximum atomic E-state index is 12.4. The molecule has 2 atom stereocenters. The van der Waals surface area contributed by atoms with Crippen molar-refractivity contribution in [2.75, 3.05) is 32.1 Å². The van der Waals surface area contributed by atoms with Gasteiger partial charge < -0.3 is 4.90 Å². The van der Waals surface area contributed by atoms with E-state index in [0.29, 0.717) is 6.42 Å². The van der Waals surface area contributed by atoms with E-state index in [4.69, 9.17) is 0 Å². The minimum Gasteiger partial charge on any atom is -0.342 e. The average Bonchev–Trinajstić information content (AvgIpc) is 3.06. The third-order valence-electron chi connectivity index (χ3n) is 4.38. The molecule has 0 N–H and O–H groups in total. The lowest BCUT2D eigenvalue weighted by molar-refractivity contribution is -0.133. The van der Waals surface area contributed by atoms with Crippen LogP contribution in [0.5, 0.6) is 0 Å². The number of rotatable bonds is 6. The van der Waals surface area contributed by atoms with Gasteiger partial charge in [-0.25, -0.2) is 8.42 Å². The van der Waals surface area contributed by atoms with Crippen LogP contribution in [0.25, 0.3) is 0 Å². The van der Waals surface area contributed by atoms with Gasteiger partial charge in [-0.15, -0.1) is 0 Å². The second-order valence-electron chi connectivity index (χ2n) is 6.16. The van der Waals surface area contributed by atoms with Crippen LogP contribution in [-0.4, -0.2) is 68.4 Å². The number of amides is 1. The quantitative estimate of drug-likeness (QED) is 0.779. The Morgan fingerprint density at radius 2 is 2.18 bits per heavy atom. The second-order valence-corrected chi connectivity index (χ2v) is 9.17. The van der Waals surface area contributed by atoms with Crippen molar-refractivity contribution in [2.45, 2.75) is 31.8 Å². The Morgan fingerprint density at radius 1 is 1.45 bits per heavy atom. The van der Waals surface area contributed by atoms with Gasteiger partial charge >= 0.3 is 0 Å². The molecule has 1 aromatic heterocycles. The summed E-state index contributed by atoms with van der Waals surface area (Å²) in [5, 5.41) is 4.14. The van der Waals surface area contributed by atoms with Gasteiger partial charge in [-0.05, 0) is 49.2 Å². The molecule has 1 aliphatic heterocycles. The highest BCUT2D eigenvalue weighted by Crippen LogP contribution is 2.17. The number of carbonyl (C=O) groups excluding carboxylic acids is 1. The van der Waals surface area contributed by atoms with Crippen LogP contribution < -0.4 is 0 Å². The van der Waals surface area contributed by atoms with Gasteiger partial charge in [0.1, 0.15) is 0 Å². The lowest BCUT2D eigenvalue weighted by atomic mass is 10.1. The molecule has 1 fully saturated rings. The van der Waals surface area contributed by atoms with E-state index in [2.05, 4.69) is 11.4 Å². The fourth-order valence-corrected chi connectivity index (χ4v) is 5.20. The Labute approximate surface area is 136 Å². The molecule has 0 radical (unpaired) electrons. The summed E-state index contributed by atoms with van der Waals surface area (Å²) in [6.07, 6.45) is 1.47. The molecule has 2 unspecified atom stereocenters. The van der Waals surface area contributed by atoms with Crippen LogP contribution in [0.4, 0.5) is 0 Å². The maximum Gasteiger partial charge on any atom is 0.236 e. The average molecular weight is 345 g/mol. The first-order valence-corrected chi connectivity index (χ1v) is 10.2. The Hall–Kier alpha value is -0.920. The van der Waals surface area contributed by atoms with E-state index in [1.807, 2.05) is 31.3 Å². The molecule has 0 spiro atoms. The van der Waals surface area contributed by atoms with Crippen LogP contribution in [0.15, 0.2) is 16.8 Å².